The van der Waals surface area contributed by atoms with Gasteiger partial charge in [-0.2, -0.15) is 4.98 Å². The van der Waals surface area contributed by atoms with Crippen LogP contribution in [0.15, 0.2) is 4.52 Å². The van der Waals surface area contributed by atoms with Crippen LogP contribution in [0.25, 0.3) is 0 Å². The van der Waals surface area contributed by atoms with E-state index in [1.165, 1.54) is 0 Å². The van der Waals surface area contributed by atoms with Crippen LogP contribution < -0.4 is 10.2 Å². The molecule has 0 saturated carbocycles. The lowest BCUT2D eigenvalue weighted by atomic mass is 10.1. The molecule has 0 spiro atoms. The zero-order chi connectivity index (χ0) is 13.7. The number of hydrogen-bond donors (Lipinski definition) is 1. The second-order valence-corrected chi connectivity index (χ2v) is 5.15. The summed E-state index contributed by atoms with van der Waals surface area (Å²) in [5, 5.41) is 7.53. The number of piperazine rings is 1. The van der Waals surface area contributed by atoms with Gasteiger partial charge in [-0.25, -0.2) is 0 Å². The number of rotatable bonds is 6. The van der Waals surface area contributed by atoms with E-state index in [-0.39, 0.29) is 0 Å². The molecule has 6 nitrogen and oxygen atoms in total. The molecule has 6 heteroatoms. The predicted octanol–water partition coefficient (Wildman–Crippen LogP) is 0.752. The minimum atomic E-state index is 0.422. The van der Waals surface area contributed by atoms with Crippen molar-refractivity contribution < 1.29 is 4.52 Å². The number of nitrogens with one attached hydrogen (secondary N) is 1. The van der Waals surface area contributed by atoms with Crippen molar-refractivity contribution in [2.75, 3.05) is 44.7 Å². The standard InChI is InChI=1S/C13H25N5O/c1-4-11(14-5-2)10-12-15-13(16-19-12)18-8-6-17(3)7-9-18/h11,14H,4-10H2,1-3H3. The average molecular weight is 267 g/mol. The molecular weight excluding hydrogens is 242 g/mol. The van der Waals surface area contributed by atoms with Crippen molar-refractivity contribution in [3.8, 4) is 0 Å². The molecule has 1 unspecified atom stereocenters. The molecule has 0 bridgehead atoms. The number of hydrogen-bond acceptors (Lipinski definition) is 6. The van der Waals surface area contributed by atoms with Gasteiger partial charge in [0.05, 0.1) is 0 Å². The van der Waals surface area contributed by atoms with Gasteiger partial charge in [0.25, 0.3) is 5.95 Å². The molecule has 0 aromatic carbocycles. The van der Waals surface area contributed by atoms with Crippen molar-refractivity contribution in [1.82, 2.24) is 20.4 Å². The maximum atomic E-state index is 5.37. The van der Waals surface area contributed by atoms with Gasteiger partial charge < -0.3 is 19.6 Å². The van der Waals surface area contributed by atoms with Gasteiger partial charge >= 0.3 is 0 Å². The van der Waals surface area contributed by atoms with Crippen molar-refractivity contribution in [3.63, 3.8) is 0 Å². The highest BCUT2D eigenvalue weighted by molar-refractivity contribution is 5.28. The molecule has 1 N–H and O–H groups in total. The van der Waals surface area contributed by atoms with Crippen LogP contribution in [0.2, 0.25) is 0 Å². The first kappa shape index (κ1) is 14.3. The molecule has 19 heavy (non-hydrogen) atoms. The highest BCUT2D eigenvalue weighted by Crippen LogP contribution is 2.13. The third-order valence-corrected chi connectivity index (χ3v) is 3.65. The summed E-state index contributed by atoms with van der Waals surface area (Å²) in [6.07, 6.45) is 1.88. The van der Waals surface area contributed by atoms with Crippen molar-refractivity contribution in [2.45, 2.75) is 32.7 Å². The maximum Gasteiger partial charge on any atom is 0.266 e. The Labute approximate surface area is 115 Å². The number of anilines is 1. The van der Waals surface area contributed by atoms with Crippen LogP contribution in [0.1, 0.15) is 26.2 Å². The Bertz CT molecular complexity index is 373. The largest absolute Gasteiger partial charge is 0.337 e. The number of aromatic nitrogens is 2. The summed E-state index contributed by atoms with van der Waals surface area (Å²) < 4.78 is 5.37. The van der Waals surface area contributed by atoms with Crippen LogP contribution in [-0.4, -0.2) is 60.9 Å². The molecule has 1 saturated heterocycles. The van der Waals surface area contributed by atoms with Gasteiger partial charge in [0, 0.05) is 38.6 Å². The van der Waals surface area contributed by atoms with Crippen molar-refractivity contribution >= 4 is 5.95 Å². The van der Waals surface area contributed by atoms with E-state index in [1.807, 2.05) is 0 Å². The maximum absolute atomic E-state index is 5.37. The summed E-state index contributed by atoms with van der Waals surface area (Å²) in [6, 6.07) is 0.422. The molecule has 1 aliphatic rings. The van der Waals surface area contributed by atoms with E-state index in [9.17, 15) is 0 Å². The zero-order valence-corrected chi connectivity index (χ0v) is 12.2. The molecule has 0 amide bonds. The lowest BCUT2D eigenvalue weighted by molar-refractivity contribution is 0.308. The summed E-state index contributed by atoms with van der Waals surface area (Å²) in [5.41, 5.74) is 0. The smallest absolute Gasteiger partial charge is 0.266 e. The molecule has 108 valence electrons. The average Bonchev–Trinajstić information content (AvgIpc) is 2.87. The van der Waals surface area contributed by atoms with Crippen LogP contribution >= 0.6 is 0 Å². The van der Waals surface area contributed by atoms with Gasteiger partial charge in [0.2, 0.25) is 5.89 Å². The lowest BCUT2D eigenvalue weighted by Crippen LogP contribution is -2.44. The van der Waals surface area contributed by atoms with E-state index in [4.69, 9.17) is 4.52 Å². The van der Waals surface area contributed by atoms with E-state index in [0.29, 0.717) is 6.04 Å². The van der Waals surface area contributed by atoms with Crippen LogP contribution in [0, 0.1) is 0 Å². The Morgan fingerprint density at radius 3 is 2.63 bits per heavy atom. The fourth-order valence-electron chi connectivity index (χ4n) is 2.32. The highest BCUT2D eigenvalue weighted by atomic mass is 16.5. The van der Waals surface area contributed by atoms with Gasteiger partial charge in [-0.1, -0.05) is 13.8 Å². The SMILES string of the molecule is CCNC(CC)Cc1nc(N2CCN(C)CC2)no1. The van der Waals surface area contributed by atoms with Crippen LogP contribution in [0.3, 0.4) is 0 Å². The van der Waals surface area contributed by atoms with Crippen molar-refractivity contribution in [3.05, 3.63) is 5.89 Å². The first-order valence-corrected chi connectivity index (χ1v) is 7.22. The second kappa shape index (κ2) is 6.86. The Morgan fingerprint density at radius 1 is 1.26 bits per heavy atom. The summed E-state index contributed by atoms with van der Waals surface area (Å²) in [5.74, 6) is 1.48. The fraction of sp³-hybridized carbons (Fsp3) is 0.846. The third-order valence-electron chi connectivity index (χ3n) is 3.65. The summed E-state index contributed by atoms with van der Waals surface area (Å²) in [4.78, 5) is 9.03. The second-order valence-electron chi connectivity index (χ2n) is 5.15. The summed E-state index contributed by atoms with van der Waals surface area (Å²) in [7, 11) is 2.14. The minimum Gasteiger partial charge on any atom is -0.337 e. The first-order valence-electron chi connectivity index (χ1n) is 7.22. The monoisotopic (exact) mass is 267 g/mol. The molecule has 1 fully saturated rings. The predicted molar refractivity (Wildman–Crippen MR) is 75.5 cm³/mol. The van der Waals surface area contributed by atoms with E-state index >= 15 is 0 Å². The van der Waals surface area contributed by atoms with Crippen LogP contribution in [0.4, 0.5) is 5.95 Å². The highest BCUT2D eigenvalue weighted by Gasteiger charge is 2.20. The van der Waals surface area contributed by atoms with Gasteiger partial charge in [-0.15, -0.1) is 0 Å². The molecule has 2 heterocycles. The normalized spacial score (nSPS) is 18.8. The summed E-state index contributed by atoms with van der Waals surface area (Å²) in [6.45, 7) is 9.31. The Balaban J connectivity index is 1.91. The molecule has 0 radical (unpaired) electrons. The topological polar surface area (TPSA) is 57.4 Å². The zero-order valence-electron chi connectivity index (χ0n) is 12.2. The quantitative estimate of drug-likeness (QED) is 0.821. The Morgan fingerprint density at radius 2 is 2.00 bits per heavy atom. The minimum absolute atomic E-state index is 0.422. The molecule has 2 rings (SSSR count). The Hall–Kier alpha value is -1.14. The van der Waals surface area contributed by atoms with E-state index in [2.05, 4.69) is 46.2 Å². The molecule has 1 atom stereocenters. The molecule has 1 aliphatic heterocycles. The van der Waals surface area contributed by atoms with E-state index < -0.39 is 0 Å². The third kappa shape index (κ3) is 3.91. The van der Waals surface area contributed by atoms with E-state index in [0.717, 1.165) is 57.4 Å². The molecular formula is C13H25N5O. The van der Waals surface area contributed by atoms with Gasteiger partial charge in [-0.3, -0.25) is 0 Å². The van der Waals surface area contributed by atoms with Gasteiger partial charge in [0.15, 0.2) is 0 Å². The Kier molecular flexibility index (Phi) is 5.15. The lowest BCUT2D eigenvalue weighted by Gasteiger charge is -2.31. The van der Waals surface area contributed by atoms with Gasteiger partial charge in [0.1, 0.15) is 0 Å². The van der Waals surface area contributed by atoms with Gasteiger partial charge in [-0.05, 0) is 25.2 Å². The number of nitrogens with zero attached hydrogens (tertiary/aromatic N) is 4. The summed E-state index contributed by atoms with van der Waals surface area (Å²) >= 11 is 0. The van der Waals surface area contributed by atoms with Crippen LogP contribution in [-0.2, 0) is 6.42 Å². The molecule has 1 aromatic heterocycles. The van der Waals surface area contributed by atoms with E-state index in [1.54, 1.807) is 0 Å². The number of likely N-dealkylation sites (N-methyl/N-ethyl adjacent to an activating group) is 2. The van der Waals surface area contributed by atoms with Crippen molar-refractivity contribution in [1.29, 1.82) is 0 Å². The van der Waals surface area contributed by atoms with Crippen LogP contribution in [0.5, 0.6) is 0 Å². The van der Waals surface area contributed by atoms with Crippen molar-refractivity contribution in [2.24, 2.45) is 0 Å². The molecule has 1 aromatic rings. The molecule has 0 aliphatic carbocycles. The fourth-order valence-corrected chi connectivity index (χ4v) is 2.32. The first-order chi connectivity index (χ1) is 9.22.